The van der Waals surface area contributed by atoms with Gasteiger partial charge >= 0.3 is 0 Å². The quantitative estimate of drug-likeness (QED) is 0.758. The SMILES string of the molecule is Cc1ccccc1-c1c(C#N)cccc1-c1ncc[nH]1. The molecule has 1 heterocycles. The van der Waals surface area contributed by atoms with Crippen LogP contribution in [0, 0.1) is 18.3 Å². The maximum absolute atomic E-state index is 9.41. The molecule has 0 aliphatic rings. The molecular formula is C17H13N3. The van der Waals surface area contributed by atoms with Crippen molar-refractivity contribution in [1.29, 1.82) is 5.26 Å². The number of nitriles is 1. The van der Waals surface area contributed by atoms with Gasteiger partial charge < -0.3 is 4.98 Å². The number of rotatable bonds is 2. The predicted octanol–water partition coefficient (Wildman–Crippen LogP) is 3.92. The number of nitrogens with one attached hydrogen (secondary N) is 1. The van der Waals surface area contributed by atoms with Crippen LogP contribution in [0.2, 0.25) is 0 Å². The van der Waals surface area contributed by atoms with Gasteiger partial charge in [-0.25, -0.2) is 4.98 Å². The van der Waals surface area contributed by atoms with Gasteiger partial charge in [-0.05, 0) is 24.1 Å². The van der Waals surface area contributed by atoms with Crippen LogP contribution >= 0.6 is 0 Å². The van der Waals surface area contributed by atoms with Crippen LogP contribution in [-0.2, 0) is 0 Å². The van der Waals surface area contributed by atoms with E-state index in [4.69, 9.17) is 0 Å². The number of aryl methyl sites for hydroxylation is 1. The maximum atomic E-state index is 9.41. The maximum Gasteiger partial charge on any atom is 0.137 e. The summed E-state index contributed by atoms with van der Waals surface area (Å²) in [5.41, 5.74) is 4.75. The van der Waals surface area contributed by atoms with Gasteiger partial charge in [-0.2, -0.15) is 5.26 Å². The molecule has 0 spiro atoms. The summed E-state index contributed by atoms with van der Waals surface area (Å²) < 4.78 is 0. The molecule has 2 aromatic carbocycles. The number of aromatic nitrogens is 2. The van der Waals surface area contributed by atoms with Gasteiger partial charge in [0.05, 0.1) is 11.6 Å². The van der Waals surface area contributed by atoms with Gasteiger partial charge in [0.1, 0.15) is 5.82 Å². The summed E-state index contributed by atoms with van der Waals surface area (Å²) >= 11 is 0. The van der Waals surface area contributed by atoms with E-state index in [1.54, 1.807) is 12.4 Å². The molecule has 0 saturated heterocycles. The lowest BCUT2D eigenvalue weighted by Gasteiger charge is -2.12. The van der Waals surface area contributed by atoms with Crippen molar-refractivity contribution in [1.82, 2.24) is 9.97 Å². The van der Waals surface area contributed by atoms with E-state index in [1.807, 2.05) is 36.4 Å². The molecule has 0 atom stereocenters. The highest BCUT2D eigenvalue weighted by atomic mass is 14.9. The number of nitrogens with zero attached hydrogens (tertiary/aromatic N) is 2. The van der Waals surface area contributed by atoms with E-state index in [1.165, 1.54) is 0 Å². The zero-order valence-corrected chi connectivity index (χ0v) is 11.1. The normalized spacial score (nSPS) is 10.2. The summed E-state index contributed by atoms with van der Waals surface area (Å²) in [4.78, 5) is 7.43. The van der Waals surface area contributed by atoms with E-state index in [9.17, 15) is 5.26 Å². The second-order valence-electron chi connectivity index (χ2n) is 4.59. The minimum atomic E-state index is 0.660. The highest BCUT2D eigenvalue weighted by molar-refractivity contribution is 5.86. The lowest BCUT2D eigenvalue weighted by atomic mass is 9.92. The van der Waals surface area contributed by atoms with E-state index in [0.717, 1.165) is 28.1 Å². The fraction of sp³-hybridized carbons (Fsp3) is 0.0588. The Morgan fingerprint density at radius 3 is 2.55 bits per heavy atom. The number of imidazole rings is 1. The molecule has 0 fully saturated rings. The molecule has 1 aromatic heterocycles. The first-order valence-electron chi connectivity index (χ1n) is 6.40. The Balaban J connectivity index is 2.34. The summed E-state index contributed by atoms with van der Waals surface area (Å²) in [7, 11) is 0. The van der Waals surface area contributed by atoms with Crippen LogP contribution in [0.15, 0.2) is 54.9 Å². The van der Waals surface area contributed by atoms with Gasteiger partial charge in [-0.15, -0.1) is 0 Å². The van der Waals surface area contributed by atoms with Crippen molar-refractivity contribution in [3.05, 3.63) is 66.0 Å². The fourth-order valence-corrected chi connectivity index (χ4v) is 2.40. The topological polar surface area (TPSA) is 52.5 Å². The summed E-state index contributed by atoms with van der Waals surface area (Å²) in [5, 5.41) is 9.41. The van der Waals surface area contributed by atoms with Gasteiger partial charge in [0.2, 0.25) is 0 Å². The molecule has 1 N–H and O–H groups in total. The minimum absolute atomic E-state index is 0.660. The number of hydrogen-bond donors (Lipinski definition) is 1. The molecule has 0 radical (unpaired) electrons. The molecule has 96 valence electrons. The van der Waals surface area contributed by atoms with Gasteiger partial charge in [0, 0.05) is 23.5 Å². The number of benzene rings is 2. The highest BCUT2D eigenvalue weighted by Gasteiger charge is 2.14. The number of aromatic amines is 1. The van der Waals surface area contributed by atoms with Crippen LogP contribution < -0.4 is 0 Å². The second kappa shape index (κ2) is 5.02. The standard InChI is InChI=1S/C17H13N3/c1-12-5-2-3-7-14(12)16-13(11-18)6-4-8-15(16)17-19-9-10-20-17/h2-10H,1H3,(H,19,20). The van der Waals surface area contributed by atoms with Crippen LogP contribution in [-0.4, -0.2) is 9.97 Å². The van der Waals surface area contributed by atoms with Gasteiger partial charge in [0.15, 0.2) is 0 Å². The van der Waals surface area contributed by atoms with Crippen LogP contribution in [0.4, 0.5) is 0 Å². The molecule has 20 heavy (non-hydrogen) atoms. The third-order valence-electron chi connectivity index (χ3n) is 3.35. The fourth-order valence-electron chi connectivity index (χ4n) is 2.40. The third-order valence-corrected chi connectivity index (χ3v) is 3.35. The lowest BCUT2D eigenvalue weighted by molar-refractivity contribution is 1.30. The lowest BCUT2D eigenvalue weighted by Crippen LogP contribution is -1.93. The average molecular weight is 259 g/mol. The Kier molecular flexibility index (Phi) is 3.06. The van der Waals surface area contributed by atoms with E-state index in [0.29, 0.717) is 5.56 Å². The molecule has 3 rings (SSSR count). The van der Waals surface area contributed by atoms with E-state index in [2.05, 4.69) is 29.0 Å². The summed E-state index contributed by atoms with van der Waals surface area (Å²) in [6.07, 6.45) is 3.51. The monoisotopic (exact) mass is 259 g/mol. The Morgan fingerprint density at radius 1 is 1.05 bits per heavy atom. The first-order chi connectivity index (χ1) is 9.81. The molecule has 0 unspecified atom stereocenters. The Labute approximate surface area is 117 Å². The first kappa shape index (κ1) is 12.2. The molecule has 3 heteroatoms. The van der Waals surface area contributed by atoms with Crippen LogP contribution in [0.1, 0.15) is 11.1 Å². The molecular weight excluding hydrogens is 246 g/mol. The summed E-state index contributed by atoms with van der Waals surface area (Å²) in [6, 6.07) is 16.1. The second-order valence-corrected chi connectivity index (χ2v) is 4.59. The predicted molar refractivity (Wildman–Crippen MR) is 78.9 cm³/mol. The van der Waals surface area contributed by atoms with Crippen molar-refractivity contribution in [2.75, 3.05) is 0 Å². The van der Waals surface area contributed by atoms with Crippen molar-refractivity contribution in [2.24, 2.45) is 0 Å². The average Bonchev–Trinajstić information content (AvgIpc) is 3.01. The van der Waals surface area contributed by atoms with Crippen LogP contribution in [0.3, 0.4) is 0 Å². The molecule has 3 nitrogen and oxygen atoms in total. The van der Waals surface area contributed by atoms with Crippen LogP contribution in [0.25, 0.3) is 22.5 Å². The Hall–Kier alpha value is -2.86. The van der Waals surface area contributed by atoms with Gasteiger partial charge in [-0.3, -0.25) is 0 Å². The van der Waals surface area contributed by atoms with Crippen molar-refractivity contribution in [2.45, 2.75) is 6.92 Å². The van der Waals surface area contributed by atoms with E-state index < -0.39 is 0 Å². The minimum Gasteiger partial charge on any atom is -0.345 e. The highest BCUT2D eigenvalue weighted by Crippen LogP contribution is 2.34. The van der Waals surface area contributed by atoms with Crippen molar-refractivity contribution in [3.63, 3.8) is 0 Å². The zero-order valence-electron chi connectivity index (χ0n) is 11.1. The zero-order chi connectivity index (χ0) is 13.9. The smallest absolute Gasteiger partial charge is 0.137 e. The molecule has 0 amide bonds. The molecule has 3 aromatic rings. The molecule has 0 aliphatic heterocycles. The molecule has 0 aliphatic carbocycles. The van der Waals surface area contributed by atoms with Crippen molar-refractivity contribution < 1.29 is 0 Å². The summed E-state index contributed by atoms with van der Waals surface area (Å²) in [6.45, 7) is 2.05. The van der Waals surface area contributed by atoms with Crippen molar-refractivity contribution in [3.8, 4) is 28.6 Å². The first-order valence-corrected chi connectivity index (χ1v) is 6.40. The largest absolute Gasteiger partial charge is 0.345 e. The van der Waals surface area contributed by atoms with E-state index >= 15 is 0 Å². The summed E-state index contributed by atoms with van der Waals surface area (Å²) in [5.74, 6) is 0.778. The molecule has 0 bridgehead atoms. The molecule has 0 saturated carbocycles. The van der Waals surface area contributed by atoms with Gasteiger partial charge in [0.25, 0.3) is 0 Å². The Bertz CT molecular complexity index is 780. The van der Waals surface area contributed by atoms with Crippen molar-refractivity contribution >= 4 is 0 Å². The van der Waals surface area contributed by atoms with E-state index in [-0.39, 0.29) is 0 Å². The Morgan fingerprint density at radius 2 is 1.85 bits per heavy atom. The third kappa shape index (κ3) is 1.98. The number of H-pyrrole nitrogens is 1. The number of hydrogen-bond acceptors (Lipinski definition) is 2. The van der Waals surface area contributed by atoms with Gasteiger partial charge in [-0.1, -0.05) is 36.4 Å². The van der Waals surface area contributed by atoms with Crippen LogP contribution in [0.5, 0.6) is 0 Å².